The summed E-state index contributed by atoms with van der Waals surface area (Å²) in [6.07, 6.45) is -0.407. The highest BCUT2D eigenvalue weighted by Crippen LogP contribution is 2.08. The van der Waals surface area contributed by atoms with Gasteiger partial charge in [-0.2, -0.15) is 11.3 Å². The molecule has 0 fully saturated rings. The molecule has 17 heavy (non-hydrogen) atoms. The number of amides is 1. The van der Waals surface area contributed by atoms with Crippen LogP contribution in [0, 0.1) is 0 Å². The third-order valence-corrected chi connectivity index (χ3v) is 3.14. The fraction of sp³-hybridized carbons (Fsp3) is 0.583. The number of thiophene rings is 1. The van der Waals surface area contributed by atoms with Crippen molar-refractivity contribution in [2.24, 2.45) is 0 Å². The zero-order valence-corrected chi connectivity index (χ0v) is 11.4. The number of rotatable bonds is 6. The summed E-state index contributed by atoms with van der Waals surface area (Å²) in [5.41, 5.74) is 1.16. The number of carbonyl (C=O) groups excluding carboxylic acids is 1. The monoisotopic (exact) mass is 256 g/mol. The topological polar surface area (TPSA) is 43.8 Å². The van der Waals surface area contributed by atoms with Gasteiger partial charge < -0.3 is 10.0 Å². The minimum Gasteiger partial charge on any atom is -0.392 e. The number of hydrogen-bond donors (Lipinski definition) is 1. The van der Waals surface area contributed by atoms with Crippen LogP contribution in [0.3, 0.4) is 0 Å². The van der Waals surface area contributed by atoms with E-state index in [1.54, 1.807) is 30.2 Å². The first-order valence-electron chi connectivity index (χ1n) is 5.60. The minimum absolute atomic E-state index is 0.0688. The molecule has 1 N–H and O–H groups in total. The van der Waals surface area contributed by atoms with E-state index < -0.39 is 6.10 Å². The number of carbonyl (C=O) groups is 1. The summed E-state index contributed by atoms with van der Waals surface area (Å²) in [7, 11) is 3.64. The van der Waals surface area contributed by atoms with Crippen LogP contribution in [0.4, 0.5) is 0 Å². The van der Waals surface area contributed by atoms with E-state index in [1.165, 1.54) is 0 Å². The van der Waals surface area contributed by atoms with E-state index in [0.717, 1.165) is 5.56 Å². The Bertz CT molecular complexity index is 338. The first-order chi connectivity index (χ1) is 7.99. The highest BCUT2D eigenvalue weighted by molar-refractivity contribution is 7.07. The zero-order valence-electron chi connectivity index (χ0n) is 10.6. The van der Waals surface area contributed by atoms with Crippen molar-refractivity contribution in [2.45, 2.75) is 19.6 Å². The SMILES string of the molecule is CC(O)CN(C)CC(=O)N(C)Cc1ccsc1. The van der Waals surface area contributed by atoms with Gasteiger partial charge in [0.2, 0.25) is 5.91 Å². The molecular formula is C12H20N2O2S. The Labute approximate surface area is 106 Å². The molecule has 0 aromatic carbocycles. The van der Waals surface area contributed by atoms with Gasteiger partial charge in [-0.1, -0.05) is 0 Å². The average Bonchev–Trinajstić information content (AvgIpc) is 2.68. The number of nitrogens with zero attached hydrogens (tertiary/aromatic N) is 2. The Morgan fingerprint density at radius 2 is 2.24 bits per heavy atom. The van der Waals surface area contributed by atoms with E-state index in [2.05, 4.69) is 0 Å². The maximum atomic E-state index is 11.9. The molecule has 1 heterocycles. The minimum atomic E-state index is -0.407. The molecule has 4 nitrogen and oxygen atoms in total. The Morgan fingerprint density at radius 3 is 2.76 bits per heavy atom. The number of aliphatic hydroxyl groups is 1. The van der Waals surface area contributed by atoms with E-state index in [9.17, 15) is 9.90 Å². The van der Waals surface area contributed by atoms with Crippen LogP contribution in [0.1, 0.15) is 12.5 Å². The van der Waals surface area contributed by atoms with Crippen molar-refractivity contribution in [2.75, 3.05) is 27.2 Å². The molecule has 1 unspecified atom stereocenters. The lowest BCUT2D eigenvalue weighted by molar-refractivity contribution is -0.131. The van der Waals surface area contributed by atoms with Crippen LogP contribution in [0.25, 0.3) is 0 Å². The van der Waals surface area contributed by atoms with E-state index in [-0.39, 0.29) is 5.91 Å². The second-order valence-electron chi connectivity index (χ2n) is 4.43. The molecule has 1 amide bonds. The summed E-state index contributed by atoms with van der Waals surface area (Å²) in [6.45, 7) is 3.21. The maximum Gasteiger partial charge on any atom is 0.236 e. The van der Waals surface area contributed by atoms with E-state index in [0.29, 0.717) is 19.6 Å². The molecule has 0 aliphatic heterocycles. The molecule has 1 aromatic rings. The van der Waals surface area contributed by atoms with Gasteiger partial charge >= 0.3 is 0 Å². The highest BCUT2D eigenvalue weighted by atomic mass is 32.1. The largest absolute Gasteiger partial charge is 0.392 e. The lowest BCUT2D eigenvalue weighted by atomic mass is 10.3. The molecule has 0 saturated heterocycles. The van der Waals surface area contributed by atoms with Crippen molar-refractivity contribution in [3.8, 4) is 0 Å². The van der Waals surface area contributed by atoms with Crippen LogP contribution in [-0.2, 0) is 11.3 Å². The quantitative estimate of drug-likeness (QED) is 0.826. The average molecular weight is 256 g/mol. The summed E-state index contributed by atoms with van der Waals surface area (Å²) in [5, 5.41) is 13.3. The van der Waals surface area contributed by atoms with Gasteiger partial charge in [0.25, 0.3) is 0 Å². The standard InChI is InChI=1S/C12H20N2O2S/c1-10(15)6-13(2)8-12(16)14(3)7-11-4-5-17-9-11/h4-5,9-10,15H,6-8H2,1-3H3. The second kappa shape index (κ2) is 6.74. The molecule has 1 aromatic heterocycles. The normalized spacial score (nSPS) is 12.8. The van der Waals surface area contributed by atoms with Gasteiger partial charge in [-0.25, -0.2) is 0 Å². The molecule has 0 spiro atoms. The molecular weight excluding hydrogens is 236 g/mol. The predicted octanol–water partition coefficient (Wildman–Crippen LogP) is 1.02. The first-order valence-corrected chi connectivity index (χ1v) is 6.55. The van der Waals surface area contributed by atoms with Gasteiger partial charge in [0.1, 0.15) is 0 Å². The van der Waals surface area contributed by atoms with Crippen LogP contribution in [-0.4, -0.2) is 54.1 Å². The van der Waals surface area contributed by atoms with Gasteiger partial charge in [-0.05, 0) is 36.4 Å². The Balaban J connectivity index is 2.36. The van der Waals surface area contributed by atoms with Crippen LogP contribution >= 0.6 is 11.3 Å². The number of likely N-dealkylation sites (N-methyl/N-ethyl adjacent to an activating group) is 2. The predicted molar refractivity (Wildman–Crippen MR) is 70.0 cm³/mol. The fourth-order valence-corrected chi connectivity index (χ4v) is 2.27. The number of aliphatic hydroxyl groups excluding tert-OH is 1. The smallest absolute Gasteiger partial charge is 0.236 e. The van der Waals surface area contributed by atoms with Crippen molar-refractivity contribution in [1.29, 1.82) is 0 Å². The Kier molecular flexibility index (Phi) is 5.61. The third-order valence-electron chi connectivity index (χ3n) is 2.41. The third kappa shape index (κ3) is 5.30. The van der Waals surface area contributed by atoms with Crippen LogP contribution in [0.5, 0.6) is 0 Å². The van der Waals surface area contributed by atoms with Crippen molar-refractivity contribution in [1.82, 2.24) is 9.80 Å². The Morgan fingerprint density at radius 1 is 1.53 bits per heavy atom. The first kappa shape index (κ1) is 14.2. The molecule has 5 heteroatoms. The van der Waals surface area contributed by atoms with Gasteiger partial charge in [-0.3, -0.25) is 9.69 Å². The molecule has 1 atom stereocenters. The van der Waals surface area contributed by atoms with Crippen LogP contribution in [0.15, 0.2) is 16.8 Å². The number of hydrogen-bond acceptors (Lipinski definition) is 4. The molecule has 0 bridgehead atoms. The lowest BCUT2D eigenvalue weighted by Gasteiger charge is -2.22. The molecule has 96 valence electrons. The molecule has 0 aliphatic carbocycles. The highest BCUT2D eigenvalue weighted by Gasteiger charge is 2.13. The van der Waals surface area contributed by atoms with Crippen LogP contribution < -0.4 is 0 Å². The summed E-state index contributed by atoms with van der Waals surface area (Å²) >= 11 is 1.63. The summed E-state index contributed by atoms with van der Waals surface area (Å²) in [5.74, 6) is 0.0688. The molecule has 0 saturated carbocycles. The lowest BCUT2D eigenvalue weighted by Crippen LogP contribution is -2.38. The van der Waals surface area contributed by atoms with Gasteiger partial charge in [0, 0.05) is 20.1 Å². The van der Waals surface area contributed by atoms with Crippen molar-refractivity contribution in [3.05, 3.63) is 22.4 Å². The fourth-order valence-electron chi connectivity index (χ4n) is 1.61. The molecule has 0 radical (unpaired) electrons. The zero-order chi connectivity index (χ0) is 12.8. The van der Waals surface area contributed by atoms with Gasteiger partial charge in [-0.15, -0.1) is 0 Å². The van der Waals surface area contributed by atoms with Gasteiger partial charge in [0.15, 0.2) is 0 Å². The maximum absolute atomic E-state index is 11.9. The van der Waals surface area contributed by atoms with Crippen molar-refractivity contribution in [3.63, 3.8) is 0 Å². The van der Waals surface area contributed by atoms with Crippen molar-refractivity contribution >= 4 is 17.2 Å². The second-order valence-corrected chi connectivity index (χ2v) is 5.21. The van der Waals surface area contributed by atoms with E-state index >= 15 is 0 Å². The summed E-state index contributed by atoms with van der Waals surface area (Å²) in [4.78, 5) is 15.4. The van der Waals surface area contributed by atoms with Crippen molar-refractivity contribution < 1.29 is 9.90 Å². The van der Waals surface area contributed by atoms with E-state index in [1.807, 2.05) is 28.8 Å². The van der Waals surface area contributed by atoms with Gasteiger partial charge in [0.05, 0.1) is 12.6 Å². The molecule has 0 aliphatic rings. The van der Waals surface area contributed by atoms with E-state index in [4.69, 9.17) is 0 Å². The summed E-state index contributed by atoms with van der Waals surface area (Å²) in [6, 6.07) is 2.02. The summed E-state index contributed by atoms with van der Waals surface area (Å²) < 4.78 is 0. The van der Waals surface area contributed by atoms with Crippen LogP contribution in [0.2, 0.25) is 0 Å². The Hall–Kier alpha value is -0.910. The molecule has 1 rings (SSSR count).